The maximum Gasteiger partial charge on any atom is 0.0450 e. The van der Waals surface area contributed by atoms with Gasteiger partial charge in [-0.25, -0.2) is 0 Å². The summed E-state index contributed by atoms with van der Waals surface area (Å²) in [7, 11) is 1.84. The average Bonchev–Trinajstić information content (AvgIpc) is 1.87. The standard InChI is InChI=1S/C6H11BrN2/c1-5(9-2)3-6(8)4-7/h3,8-9H,4H2,1-2H3/b5-3-,8-6?. The van der Waals surface area contributed by atoms with Crippen LogP contribution in [0.3, 0.4) is 0 Å². The number of nitrogens with one attached hydrogen (secondary N) is 2. The van der Waals surface area contributed by atoms with Crippen LogP contribution in [0.5, 0.6) is 0 Å². The molecule has 0 aromatic rings. The van der Waals surface area contributed by atoms with Crippen LogP contribution in [0.2, 0.25) is 0 Å². The summed E-state index contributed by atoms with van der Waals surface area (Å²) in [5, 5.41) is 10.8. The smallest absolute Gasteiger partial charge is 0.0450 e. The van der Waals surface area contributed by atoms with E-state index in [0.717, 1.165) is 5.70 Å². The Kier molecular flexibility index (Phi) is 4.40. The highest BCUT2D eigenvalue weighted by molar-refractivity contribution is 9.09. The number of allylic oxidation sites excluding steroid dienone is 2. The highest BCUT2D eigenvalue weighted by atomic mass is 79.9. The van der Waals surface area contributed by atoms with E-state index in [1.165, 1.54) is 0 Å². The van der Waals surface area contributed by atoms with E-state index in [1.54, 1.807) is 6.08 Å². The summed E-state index contributed by atoms with van der Waals surface area (Å²) in [4.78, 5) is 0. The summed E-state index contributed by atoms with van der Waals surface area (Å²) in [5.74, 6) is 0. The molecule has 0 amide bonds. The first-order valence-electron chi connectivity index (χ1n) is 2.70. The molecule has 0 unspecified atom stereocenters. The Morgan fingerprint density at radius 2 is 2.33 bits per heavy atom. The van der Waals surface area contributed by atoms with Crippen LogP contribution < -0.4 is 5.32 Å². The number of hydrogen-bond donors (Lipinski definition) is 2. The van der Waals surface area contributed by atoms with Crippen molar-refractivity contribution in [2.24, 2.45) is 0 Å². The van der Waals surface area contributed by atoms with E-state index in [2.05, 4.69) is 21.2 Å². The Labute approximate surface area is 64.0 Å². The Bertz CT molecular complexity index is 129. The third-order valence-corrected chi connectivity index (χ3v) is 1.53. The van der Waals surface area contributed by atoms with Crippen molar-refractivity contribution >= 4 is 21.6 Å². The molecular weight excluding hydrogens is 180 g/mol. The molecule has 0 spiro atoms. The normalized spacial score (nSPS) is 11.2. The molecule has 0 aliphatic heterocycles. The molecule has 2 nitrogen and oxygen atoms in total. The summed E-state index contributed by atoms with van der Waals surface area (Å²) in [5.41, 5.74) is 1.60. The second-order valence-electron chi connectivity index (χ2n) is 1.74. The third kappa shape index (κ3) is 4.21. The van der Waals surface area contributed by atoms with Crippen LogP contribution in [0.15, 0.2) is 11.8 Å². The van der Waals surface area contributed by atoms with Gasteiger partial charge in [0.2, 0.25) is 0 Å². The van der Waals surface area contributed by atoms with Gasteiger partial charge in [-0.3, -0.25) is 0 Å². The Morgan fingerprint density at radius 1 is 1.78 bits per heavy atom. The van der Waals surface area contributed by atoms with Crippen molar-refractivity contribution in [3.63, 3.8) is 0 Å². The minimum Gasteiger partial charge on any atom is -0.392 e. The largest absolute Gasteiger partial charge is 0.392 e. The summed E-state index contributed by atoms with van der Waals surface area (Å²) < 4.78 is 0. The number of rotatable bonds is 3. The Morgan fingerprint density at radius 3 is 2.67 bits per heavy atom. The first-order chi connectivity index (χ1) is 4.20. The molecule has 0 aromatic carbocycles. The van der Waals surface area contributed by atoms with Gasteiger partial charge in [0.05, 0.1) is 0 Å². The second-order valence-corrected chi connectivity index (χ2v) is 2.30. The van der Waals surface area contributed by atoms with Crippen molar-refractivity contribution in [1.29, 1.82) is 5.41 Å². The lowest BCUT2D eigenvalue weighted by Crippen LogP contribution is -2.04. The van der Waals surface area contributed by atoms with Crippen LogP contribution >= 0.6 is 15.9 Å². The fourth-order valence-corrected chi connectivity index (χ4v) is 0.534. The monoisotopic (exact) mass is 190 g/mol. The maximum atomic E-state index is 7.21. The van der Waals surface area contributed by atoms with E-state index < -0.39 is 0 Å². The van der Waals surface area contributed by atoms with Crippen LogP contribution in [-0.2, 0) is 0 Å². The molecule has 0 bridgehead atoms. The lowest BCUT2D eigenvalue weighted by atomic mass is 10.3. The zero-order valence-electron chi connectivity index (χ0n) is 5.66. The minimum absolute atomic E-state index is 0.585. The molecular formula is C6H11BrN2. The second kappa shape index (κ2) is 4.56. The molecule has 0 fully saturated rings. The predicted molar refractivity (Wildman–Crippen MR) is 44.3 cm³/mol. The van der Waals surface area contributed by atoms with Gasteiger partial charge in [0.1, 0.15) is 0 Å². The fraction of sp³-hybridized carbons (Fsp3) is 0.500. The van der Waals surface area contributed by atoms with Gasteiger partial charge in [-0.1, -0.05) is 15.9 Å². The van der Waals surface area contributed by atoms with Crippen LogP contribution in [0.4, 0.5) is 0 Å². The Balaban J connectivity index is 3.79. The van der Waals surface area contributed by atoms with Crippen LogP contribution in [0.25, 0.3) is 0 Å². The van der Waals surface area contributed by atoms with E-state index in [-0.39, 0.29) is 0 Å². The predicted octanol–water partition coefficient (Wildman–Crippen LogP) is 1.52. The van der Waals surface area contributed by atoms with Crippen molar-refractivity contribution in [2.75, 3.05) is 12.4 Å². The highest BCUT2D eigenvalue weighted by Gasteiger charge is 1.87. The van der Waals surface area contributed by atoms with Crippen LogP contribution in [0.1, 0.15) is 6.92 Å². The Hall–Kier alpha value is -0.310. The van der Waals surface area contributed by atoms with E-state index >= 15 is 0 Å². The molecule has 0 aliphatic rings. The molecule has 0 rings (SSSR count). The topological polar surface area (TPSA) is 35.9 Å². The van der Waals surface area contributed by atoms with Gasteiger partial charge < -0.3 is 10.7 Å². The van der Waals surface area contributed by atoms with Crippen molar-refractivity contribution in [3.8, 4) is 0 Å². The number of hydrogen-bond acceptors (Lipinski definition) is 2. The first kappa shape index (κ1) is 8.69. The van der Waals surface area contributed by atoms with Crippen molar-refractivity contribution in [2.45, 2.75) is 6.92 Å². The lowest BCUT2D eigenvalue weighted by Gasteiger charge is -1.96. The zero-order chi connectivity index (χ0) is 7.28. The molecule has 0 saturated carbocycles. The summed E-state index contributed by atoms with van der Waals surface area (Å²) in [6.07, 6.45) is 1.79. The van der Waals surface area contributed by atoms with Crippen LogP contribution in [-0.4, -0.2) is 18.1 Å². The lowest BCUT2D eigenvalue weighted by molar-refractivity contribution is 0.992. The molecule has 0 atom stereocenters. The van der Waals surface area contributed by atoms with Crippen molar-refractivity contribution in [1.82, 2.24) is 5.32 Å². The zero-order valence-corrected chi connectivity index (χ0v) is 7.25. The quantitative estimate of drug-likeness (QED) is 0.515. The average molecular weight is 191 g/mol. The molecule has 9 heavy (non-hydrogen) atoms. The minimum atomic E-state index is 0.585. The van der Waals surface area contributed by atoms with Crippen molar-refractivity contribution < 1.29 is 0 Å². The van der Waals surface area contributed by atoms with E-state index in [9.17, 15) is 0 Å². The summed E-state index contributed by atoms with van der Waals surface area (Å²) in [6.45, 7) is 1.93. The molecule has 0 saturated heterocycles. The maximum absolute atomic E-state index is 7.21. The SMILES string of the molecule is CN/C(C)=C\C(=N)CBr. The van der Waals surface area contributed by atoms with Gasteiger partial charge in [0.25, 0.3) is 0 Å². The highest BCUT2D eigenvalue weighted by Crippen LogP contribution is 1.89. The summed E-state index contributed by atoms with van der Waals surface area (Å²) in [6, 6.07) is 0. The third-order valence-electron chi connectivity index (χ3n) is 0.929. The van der Waals surface area contributed by atoms with Gasteiger partial charge >= 0.3 is 0 Å². The number of alkyl halides is 1. The fourth-order valence-electron chi connectivity index (χ4n) is 0.372. The van der Waals surface area contributed by atoms with Gasteiger partial charge in [-0.2, -0.15) is 0 Å². The number of halogens is 1. The van der Waals surface area contributed by atoms with Gasteiger partial charge in [0.15, 0.2) is 0 Å². The van der Waals surface area contributed by atoms with E-state index in [1.807, 2.05) is 14.0 Å². The van der Waals surface area contributed by atoms with E-state index in [0.29, 0.717) is 11.0 Å². The molecule has 0 aliphatic carbocycles. The van der Waals surface area contributed by atoms with Gasteiger partial charge in [0, 0.05) is 23.8 Å². The van der Waals surface area contributed by atoms with Gasteiger partial charge in [-0.15, -0.1) is 0 Å². The molecule has 2 N–H and O–H groups in total. The van der Waals surface area contributed by atoms with E-state index in [4.69, 9.17) is 5.41 Å². The van der Waals surface area contributed by atoms with Crippen molar-refractivity contribution in [3.05, 3.63) is 11.8 Å². The molecule has 52 valence electrons. The molecule has 0 radical (unpaired) electrons. The molecule has 0 heterocycles. The first-order valence-corrected chi connectivity index (χ1v) is 3.82. The van der Waals surface area contributed by atoms with Gasteiger partial charge in [-0.05, 0) is 13.0 Å². The molecule has 0 aromatic heterocycles. The molecule has 3 heteroatoms. The van der Waals surface area contributed by atoms with Crippen LogP contribution in [0, 0.1) is 5.41 Å². The summed E-state index contributed by atoms with van der Waals surface area (Å²) >= 11 is 3.18.